The Kier molecular flexibility index (Phi) is 7.87. The Bertz CT molecular complexity index is 644. The molecule has 1 rings (SSSR count). The first kappa shape index (κ1) is 20.1. The number of amides is 1. The van der Waals surface area contributed by atoms with Crippen molar-refractivity contribution in [1.82, 2.24) is 5.32 Å². The third kappa shape index (κ3) is 6.67. The Hall–Kier alpha value is -1.93. The maximum atomic E-state index is 12.5. The summed E-state index contributed by atoms with van der Waals surface area (Å²) in [5, 5.41) is 2.53. The molecule has 0 radical (unpaired) electrons. The molecule has 0 aromatic heterocycles. The van der Waals surface area contributed by atoms with E-state index in [2.05, 4.69) is 5.32 Å². The minimum absolute atomic E-state index is 0.104. The van der Waals surface area contributed by atoms with Gasteiger partial charge in [0.05, 0.1) is 18.3 Å². The van der Waals surface area contributed by atoms with Crippen LogP contribution in [0, 0.1) is 0 Å². The van der Waals surface area contributed by atoms with Crippen molar-refractivity contribution in [2.75, 3.05) is 12.4 Å². The molecule has 0 bridgehead atoms. The predicted molar refractivity (Wildman–Crippen MR) is 89.1 cm³/mol. The smallest absolute Gasteiger partial charge is 0.328 e. The van der Waals surface area contributed by atoms with Crippen LogP contribution in [0.4, 0.5) is 0 Å². The lowest BCUT2D eigenvalue weighted by molar-refractivity contribution is -0.147. The normalized spacial score (nSPS) is 13.8. The quantitative estimate of drug-likeness (QED) is 0.512. The lowest BCUT2D eigenvalue weighted by atomic mass is 9.95. The Morgan fingerprint density at radius 1 is 1.21 bits per heavy atom. The van der Waals surface area contributed by atoms with E-state index in [0.717, 1.165) is 5.56 Å². The van der Waals surface area contributed by atoms with Crippen molar-refractivity contribution in [3.05, 3.63) is 35.9 Å². The first-order valence-electron chi connectivity index (χ1n) is 7.75. The molecule has 134 valence electrons. The molecule has 1 unspecified atom stereocenters. The Morgan fingerprint density at radius 3 is 2.33 bits per heavy atom. The van der Waals surface area contributed by atoms with Crippen LogP contribution >= 0.6 is 0 Å². The third-order valence-electron chi connectivity index (χ3n) is 3.48. The highest BCUT2D eigenvalue weighted by Gasteiger charge is 2.27. The molecule has 24 heavy (non-hydrogen) atoms. The molecule has 2 N–H and O–H groups in total. The van der Waals surface area contributed by atoms with Crippen molar-refractivity contribution in [2.45, 2.75) is 38.6 Å². The SMILES string of the molecule is CCOC(=O)[C@H](CCS(=O)(=O)O)NC(=O)C(CC)c1ccccc1. The lowest BCUT2D eigenvalue weighted by Gasteiger charge is -2.21. The standard InChI is InChI=1S/C16H23NO6S/c1-3-13(12-8-6-5-7-9-12)15(18)17-14(16(19)23-4-2)10-11-24(20,21)22/h5-9,13-14H,3-4,10-11H2,1-2H3,(H,17,18)(H,20,21,22)/t13?,14-/m0/s1. The van der Waals surface area contributed by atoms with E-state index in [0.29, 0.717) is 6.42 Å². The van der Waals surface area contributed by atoms with Gasteiger partial charge in [0.1, 0.15) is 6.04 Å². The van der Waals surface area contributed by atoms with Crippen molar-refractivity contribution >= 4 is 22.0 Å². The molecule has 0 spiro atoms. The number of benzene rings is 1. The van der Waals surface area contributed by atoms with Crippen LogP contribution in [0.2, 0.25) is 0 Å². The van der Waals surface area contributed by atoms with Gasteiger partial charge < -0.3 is 10.1 Å². The zero-order valence-electron chi connectivity index (χ0n) is 13.8. The first-order valence-corrected chi connectivity index (χ1v) is 9.36. The molecule has 0 aliphatic heterocycles. The molecule has 0 heterocycles. The van der Waals surface area contributed by atoms with Gasteiger partial charge in [0.2, 0.25) is 5.91 Å². The van der Waals surface area contributed by atoms with Crippen LogP contribution in [0.25, 0.3) is 0 Å². The molecule has 8 heteroatoms. The largest absolute Gasteiger partial charge is 0.464 e. The molecule has 1 aromatic carbocycles. The average molecular weight is 357 g/mol. The predicted octanol–water partition coefficient (Wildman–Crippen LogP) is 1.51. The van der Waals surface area contributed by atoms with Crippen LogP contribution in [-0.2, 0) is 24.4 Å². The fourth-order valence-corrected chi connectivity index (χ4v) is 2.82. The van der Waals surface area contributed by atoms with E-state index >= 15 is 0 Å². The number of carbonyl (C=O) groups is 2. The highest BCUT2D eigenvalue weighted by Crippen LogP contribution is 2.19. The monoisotopic (exact) mass is 357 g/mol. The van der Waals surface area contributed by atoms with Crippen molar-refractivity contribution in [1.29, 1.82) is 0 Å². The molecule has 0 saturated heterocycles. The van der Waals surface area contributed by atoms with Crippen molar-refractivity contribution < 1.29 is 27.3 Å². The van der Waals surface area contributed by atoms with Gasteiger partial charge in [-0.1, -0.05) is 37.3 Å². The van der Waals surface area contributed by atoms with Crippen molar-refractivity contribution in [2.24, 2.45) is 0 Å². The van der Waals surface area contributed by atoms with Gasteiger partial charge in [0, 0.05) is 0 Å². The van der Waals surface area contributed by atoms with E-state index in [9.17, 15) is 18.0 Å². The van der Waals surface area contributed by atoms with E-state index in [4.69, 9.17) is 9.29 Å². The number of carbonyl (C=O) groups excluding carboxylic acids is 2. The van der Waals surface area contributed by atoms with E-state index in [1.54, 1.807) is 6.92 Å². The van der Waals surface area contributed by atoms with E-state index in [1.165, 1.54) is 0 Å². The second kappa shape index (κ2) is 9.39. The van der Waals surface area contributed by atoms with Gasteiger partial charge in [-0.2, -0.15) is 8.42 Å². The Labute approximate surface area is 142 Å². The summed E-state index contributed by atoms with van der Waals surface area (Å²) in [6, 6.07) is 7.95. The Balaban J connectivity index is 2.86. The van der Waals surface area contributed by atoms with Crippen molar-refractivity contribution in [3.8, 4) is 0 Å². The second-order valence-corrected chi connectivity index (χ2v) is 6.83. The third-order valence-corrected chi connectivity index (χ3v) is 4.23. The molecule has 1 amide bonds. The van der Waals surface area contributed by atoms with Gasteiger partial charge in [-0.05, 0) is 25.3 Å². The minimum atomic E-state index is -4.24. The summed E-state index contributed by atoms with van der Waals surface area (Å²) in [6.45, 7) is 3.56. The maximum absolute atomic E-state index is 12.5. The summed E-state index contributed by atoms with van der Waals surface area (Å²) in [7, 11) is -4.24. The summed E-state index contributed by atoms with van der Waals surface area (Å²) >= 11 is 0. The lowest BCUT2D eigenvalue weighted by Crippen LogP contribution is -2.44. The summed E-state index contributed by atoms with van der Waals surface area (Å²) in [6.07, 6.45) is 0.262. The van der Waals surface area contributed by atoms with E-state index in [-0.39, 0.29) is 13.0 Å². The van der Waals surface area contributed by atoms with Crippen LogP contribution in [0.1, 0.15) is 38.2 Å². The van der Waals surface area contributed by atoms with Gasteiger partial charge in [-0.3, -0.25) is 9.35 Å². The number of hydrogen-bond donors (Lipinski definition) is 2. The van der Waals surface area contributed by atoms with E-state index in [1.807, 2.05) is 37.3 Å². The van der Waals surface area contributed by atoms with Gasteiger partial charge in [0.15, 0.2) is 0 Å². The Morgan fingerprint density at radius 2 is 1.83 bits per heavy atom. The summed E-state index contributed by atoms with van der Waals surface area (Å²) in [5.41, 5.74) is 0.801. The fourth-order valence-electron chi connectivity index (χ4n) is 2.29. The number of ether oxygens (including phenoxy) is 1. The van der Waals surface area contributed by atoms with Crippen LogP contribution in [0.5, 0.6) is 0 Å². The van der Waals surface area contributed by atoms with Crippen LogP contribution in [-0.4, -0.2) is 43.2 Å². The number of hydrogen-bond acceptors (Lipinski definition) is 5. The summed E-state index contributed by atoms with van der Waals surface area (Å²) in [4.78, 5) is 24.4. The van der Waals surface area contributed by atoms with Gasteiger partial charge >= 0.3 is 5.97 Å². The highest BCUT2D eigenvalue weighted by atomic mass is 32.2. The average Bonchev–Trinajstić information content (AvgIpc) is 2.52. The molecular weight excluding hydrogens is 334 g/mol. The summed E-state index contributed by atoms with van der Waals surface area (Å²) in [5.74, 6) is -2.22. The molecule has 0 saturated carbocycles. The topological polar surface area (TPSA) is 110 Å². The molecular formula is C16H23NO6S. The first-order chi connectivity index (χ1) is 11.3. The molecule has 2 atom stereocenters. The van der Waals surface area contributed by atoms with Crippen LogP contribution in [0.3, 0.4) is 0 Å². The highest BCUT2D eigenvalue weighted by molar-refractivity contribution is 7.85. The number of esters is 1. The zero-order valence-corrected chi connectivity index (χ0v) is 14.6. The van der Waals surface area contributed by atoms with Gasteiger partial charge in [-0.25, -0.2) is 4.79 Å². The molecule has 0 fully saturated rings. The van der Waals surface area contributed by atoms with Gasteiger partial charge in [-0.15, -0.1) is 0 Å². The minimum Gasteiger partial charge on any atom is -0.464 e. The maximum Gasteiger partial charge on any atom is 0.328 e. The summed E-state index contributed by atoms with van der Waals surface area (Å²) < 4.78 is 35.5. The number of rotatable bonds is 9. The molecule has 7 nitrogen and oxygen atoms in total. The van der Waals surface area contributed by atoms with Crippen LogP contribution < -0.4 is 5.32 Å². The number of nitrogens with one attached hydrogen (secondary N) is 1. The second-order valence-electron chi connectivity index (χ2n) is 5.26. The van der Waals surface area contributed by atoms with E-state index < -0.39 is 39.7 Å². The zero-order chi connectivity index (χ0) is 18.2. The molecule has 0 aliphatic rings. The van der Waals surface area contributed by atoms with Crippen LogP contribution in [0.15, 0.2) is 30.3 Å². The fraction of sp³-hybridized carbons (Fsp3) is 0.500. The van der Waals surface area contributed by atoms with Gasteiger partial charge in [0.25, 0.3) is 10.1 Å². The van der Waals surface area contributed by atoms with Crippen molar-refractivity contribution in [3.63, 3.8) is 0 Å². The molecule has 0 aliphatic carbocycles. The molecule has 1 aromatic rings.